The van der Waals surface area contributed by atoms with Crippen LogP contribution in [0.2, 0.25) is 5.02 Å². The van der Waals surface area contributed by atoms with Gasteiger partial charge >= 0.3 is 0 Å². The molecular weight excluding hydrogens is 224 g/mol. The maximum atomic E-state index is 6.06. The molecule has 1 heterocycles. The van der Waals surface area contributed by atoms with Crippen molar-refractivity contribution < 1.29 is 4.74 Å². The summed E-state index contributed by atoms with van der Waals surface area (Å²) >= 11 is 6.06. The Morgan fingerprint density at radius 2 is 2.12 bits per heavy atom. The molecule has 1 aliphatic heterocycles. The van der Waals surface area contributed by atoms with E-state index in [9.17, 15) is 0 Å². The quantitative estimate of drug-likeness (QED) is 0.874. The van der Waals surface area contributed by atoms with E-state index < -0.39 is 0 Å². The molecule has 1 aromatic rings. The van der Waals surface area contributed by atoms with Crippen molar-refractivity contribution in [1.29, 1.82) is 0 Å². The van der Waals surface area contributed by atoms with Crippen LogP contribution in [0.4, 0.5) is 5.69 Å². The molecule has 1 N–H and O–H groups in total. The highest BCUT2D eigenvalue weighted by Crippen LogP contribution is 2.25. The topological polar surface area (TPSA) is 24.5 Å². The van der Waals surface area contributed by atoms with Gasteiger partial charge in [0.25, 0.3) is 0 Å². The molecule has 2 rings (SSSR count). The second-order valence-electron chi connectivity index (χ2n) is 3.90. The number of halogens is 1. The first kappa shape index (κ1) is 11.7. The van der Waals surface area contributed by atoms with Gasteiger partial charge in [-0.3, -0.25) is 0 Å². The van der Waals surface area contributed by atoms with E-state index in [1.165, 1.54) is 11.3 Å². The summed E-state index contributed by atoms with van der Waals surface area (Å²) < 4.78 is 5.36. The van der Waals surface area contributed by atoms with E-state index in [2.05, 4.69) is 16.3 Å². The molecule has 0 unspecified atom stereocenters. The Morgan fingerprint density at radius 1 is 1.38 bits per heavy atom. The third-order valence-corrected chi connectivity index (χ3v) is 3.00. The van der Waals surface area contributed by atoms with Gasteiger partial charge in [-0.2, -0.15) is 0 Å². The van der Waals surface area contributed by atoms with Crippen molar-refractivity contribution in [2.75, 3.05) is 38.3 Å². The minimum absolute atomic E-state index is 0.793. The Hall–Kier alpha value is -0.770. The highest BCUT2D eigenvalue weighted by Gasteiger charge is 2.14. The maximum Gasteiger partial charge on any atom is 0.0642 e. The number of rotatable bonds is 3. The first-order chi connectivity index (χ1) is 7.81. The van der Waals surface area contributed by atoms with E-state index in [0.717, 1.165) is 37.9 Å². The Bertz CT molecular complexity index is 351. The molecule has 0 spiro atoms. The molecule has 1 fully saturated rings. The summed E-state index contributed by atoms with van der Waals surface area (Å²) in [6.07, 6.45) is 0. The molecule has 0 amide bonds. The average Bonchev–Trinajstić information content (AvgIpc) is 2.33. The number of benzene rings is 1. The van der Waals surface area contributed by atoms with Crippen molar-refractivity contribution in [3.63, 3.8) is 0 Å². The van der Waals surface area contributed by atoms with Gasteiger partial charge in [0.1, 0.15) is 0 Å². The SMILES string of the molecule is CNCc1ccc(Cl)cc1N1CCOCC1. The van der Waals surface area contributed by atoms with Crippen LogP contribution in [-0.2, 0) is 11.3 Å². The van der Waals surface area contributed by atoms with Crippen LogP contribution in [0, 0.1) is 0 Å². The normalized spacial score (nSPS) is 16.5. The first-order valence-electron chi connectivity index (χ1n) is 5.57. The minimum atomic E-state index is 0.793. The second-order valence-corrected chi connectivity index (χ2v) is 4.34. The van der Waals surface area contributed by atoms with Gasteiger partial charge in [-0.25, -0.2) is 0 Å². The lowest BCUT2D eigenvalue weighted by Gasteiger charge is -2.30. The fourth-order valence-electron chi connectivity index (χ4n) is 1.98. The predicted octanol–water partition coefficient (Wildman–Crippen LogP) is 1.90. The molecular formula is C12H17ClN2O. The van der Waals surface area contributed by atoms with Crippen molar-refractivity contribution in [3.8, 4) is 0 Å². The Kier molecular flexibility index (Phi) is 4.04. The summed E-state index contributed by atoms with van der Waals surface area (Å²) in [5, 5.41) is 3.97. The lowest BCUT2D eigenvalue weighted by Crippen LogP contribution is -2.37. The van der Waals surface area contributed by atoms with Gasteiger partial charge in [-0.15, -0.1) is 0 Å². The van der Waals surface area contributed by atoms with Gasteiger partial charge < -0.3 is 15.0 Å². The maximum absolute atomic E-state index is 6.06. The fourth-order valence-corrected chi connectivity index (χ4v) is 2.14. The van der Waals surface area contributed by atoms with Crippen LogP contribution in [0.1, 0.15) is 5.56 Å². The summed E-state index contributed by atoms with van der Waals surface area (Å²) in [5.74, 6) is 0. The van der Waals surface area contributed by atoms with Gasteiger partial charge in [0, 0.05) is 30.3 Å². The highest BCUT2D eigenvalue weighted by molar-refractivity contribution is 6.30. The number of anilines is 1. The Labute approximate surface area is 101 Å². The van der Waals surface area contributed by atoms with Crippen LogP contribution in [0.5, 0.6) is 0 Å². The summed E-state index contributed by atoms with van der Waals surface area (Å²) in [5.41, 5.74) is 2.51. The second kappa shape index (κ2) is 5.53. The molecule has 0 atom stereocenters. The molecule has 0 radical (unpaired) electrons. The smallest absolute Gasteiger partial charge is 0.0642 e. The van der Waals surface area contributed by atoms with Crippen LogP contribution in [0.25, 0.3) is 0 Å². The first-order valence-corrected chi connectivity index (χ1v) is 5.95. The molecule has 1 saturated heterocycles. The van der Waals surface area contributed by atoms with Crippen LogP contribution in [-0.4, -0.2) is 33.4 Å². The van der Waals surface area contributed by atoms with Crippen molar-refractivity contribution in [2.24, 2.45) is 0 Å². The number of ether oxygens (including phenoxy) is 1. The van der Waals surface area contributed by atoms with Crippen LogP contribution in [0.15, 0.2) is 18.2 Å². The number of nitrogens with one attached hydrogen (secondary N) is 1. The van der Waals surface area contributed by atoms with E-state index in [1.54, 1.807) is 0 Å². The van der Waals surface area contributed by atoms with E-state index in [1.807, 2.05) is 19.2 Å². The van der Waals surface area contributed by atoms with Crippen molar-refractivity contribution in [1.82, 2.24) is 5.32 Å². The summed E-state index contributed by atoms with van der Waals surface area (Å²) in [6.45, 7) is 4.34. The van der Waals surface area contributed by atoms with Crippen LogP contribution in [0.3, 0.4) is 0 Å². The molecule has 1 aromatic carbocycles. The number of hydrogen-bond acceptors (Lipinski definition) is 3. The molecule has 0 aromatic heterocycles. The third kappa shape index (κ3) is 2.67. The number of nitrogens with zero attached hydrogens (tertiary/aromatic N) is 1. The Balaban J connectivity index is 2.24. The third-order valence-electron chi connectivity index (χ3n) is 2.77. The van der Waals surface area contributed by atoms with Gasteiger partial charge in [0.15, 0.2) is 0 Å². The molecule has 3 nitrogen and oxygen atoms in total. The lowest BCUT2D eigenvalue weighted by molar-refractivity contribution is 0.122. The number of hydrogen-bond donors (Lipinski definition) is 1. The number of morpholine rings is 1. The van der Waals surface area contributed by atoms with Crippen LogP contribution < -0.4 is 10.2 Å². The van der Waals surface area contributed by atoms with Gasteiger partial charge in [0.2, 0.25) is 0 Å². The summed E-state index contributed by atoms with van der Waals surface area (Å²) in [7, 11) is 1.96. The zero-order valence-corrected chi connectivity index (χ0v) is 10.3. The summed E-state index contributed by atoms with van der Waals surface area (Å²) in [6, 6.07) is 6.07. The molecule has 16 heavy (non-hydrogen) atoms. The average molecular weight is 241 g/mol. The molecule has 88 valence electrons. The van der Waals surface area contributed by atoms with Crippen molar-refractivity contribution in [3.05, 3.63) is 28.8 Å². The molecule has 4 heteroatoms. The van der Waals surface area contributed by atoms with Crippen molar-refractivity contribution >= 4 is 17.3 Å². The molecule has 1 aliphatic rings. The fraction of sp³-hybridized carbons (Fsp3) is 0.500. The molecule has 0 saturated carbocycles. The predicted molar refractivity (Wildman–Crippen MR) is 67.2 cm³/mol. The minimum Gasteiger partial charge on any atom is -0.378 e. The van der Waals surface area contributed by atoms with E-state index in [0.29, 0.717) is 0 Å². The van der Waals surface area contributed by atoms with Gasteiger partial charge in [-0.05, 0) is 24.7 Å². The van der Waals surface area contributed by atoms with Crippen molar-refractivity contribution in [2.45, 2.75) is 6.54 Å². The zero-order valence-electron chi connectivity index (χ0n) is 9.50. The van der Waals surface area contributed by atoms with E-state index in [4.69, 9.17) is 16.3 Å². The molecule has 0 bridgehead atoms. The largest absolute Gasteiger partial charge is 0.378 e. The Morgan fingerprint density at radius 3 is 2.81 bits per heavy atom. The van der Waals surface area contributed by atoms with E-state index in [-0.39, 0.29) is 0 Å². The summed E-state index contributed by atoms with van der Waals surface area (Å²) in [4.78, 5) is 2.34. The van der Waals surface area contributed by atoms with E-state index >= 15 is 0 Å². The van der Waals surface area contributed by atoms with Crippen LogP contribution >= 0.6 is 11.6 Å². The van der Waals surface area contributed by atoms with Gasteiger partial charge in [0.05, 0.1) is 13.2 Å². The lowest BCUT2D eigenvalue weighted by atomic mass is 10.1. The highest BCUT2D eigenvalue weighted by atomic mass is 35.5. The standard InChI is InChI=1S/C12H17ClN2O/c1-14-9-10-2-3-11(13)8-12(10)15-4-6-16-7-5-15/h2-3,8,14H,4-7,9H2,1H3. The molecule has 0 aliphatic carbocycles. The monoisotopic (exact) mass is 240 g/mol. The zero-order chi connectivity index (χ0) is 11.4. The van der Waals surface area contributed by atoms with Gasteiger partial charge in [-0.1, -0.05) is 17.7 Å².